The summed E-state index contributed by atoms with van der Waals surface area (Å²) in [4.78, 5) is 27.2. The molecule has 1 fully saturated rings. The minimum atomic E-state index is 0.0795. The number of hydrogen-bond donors (Lipinski definition) is 0. The number of carbonyl (C=O) groups excluding carboxylic acids is 2. The highest BCUT2D eigenvalue weighted by molar-refractivity contribution is 7.11. The Hall–Kier alpha value is -3.98. The number of ether oxygens (including phenoxy) is 1. The van der Waals surface area contributed by atoms with E-state index in [2.05, 4.69) is 25.3 Å². The minimum absolute atomic E-state index is 0.0795. The molecular weight excluding hydrogens is 498 g/mol. The molecule has 2 aromatic heterocycles. The highest BCUT2D eigenvalue weighted by Gasteiger charge is 2.28. The third kappa shape index (κ3) is 6.66. The predicted octanol–water partition coefficient (Wildman–Crippen LogP) is 4.04. The normalized spacial score (nSPS) is 15.0. The van der Waals surface area contributed by atoms with Crippen LogP contribution in [0.5, 0.6) is 5.75 Å². The number of carbonyl (C=O) groups is 2. The number of anilines is 1. The second kappa shape index (κ2) is 12.0. The van der Waals surface area contributed by atoms with E-state index in [-0.39, 0.29) is 23.9 Å². The molecular formula is C29H29N5O3S. The standard InChI is InChI=1S/C29H29N5O3S/c1-37-26-9-5-8-21(16-26)15-24(35)17-23-10-11-27(31-30-23)34-13-12-22(19-34)29-33-32-28(38-29)18-25(36)14-20-6-3-2-4-7-20/h2-11,16,22H,12-15,17-19H2,1H3. The van der Waals surface area contributed by atoms with Gasteiger partial charge in [0.05, 0.1) is 25.6 Å². The predicted molar refractivity (Wildman–Crippen MR) is 146 cm³/mol. The van der Waals surface area contributed by atoms with Gasteiger partial charge in [-0.2, -0.15) is 5.10 Å². The molecule has 5 rings (SSSR count). The number of benzene rings is 2. The van der Waals surface area contributed by atoms with Crippen molar-refractivity contribution in [1.82, 2.24) is 20.4 Å². The van der Waals surface area contributed by atoms with Gasteiger partial charge >= 0.3 is 0 Å². The fourth-order valence-corrected chi connectivity index (χ4v) is 5.61. The summed E-state index contributed by atoms with van der Waals surface area (Å²) in [6.45, 7) is 1.62. The van der Waals surface area contributed by atoms with Crippen molar-refractivity contribution in [2.75, 3.05) is 25.1 Å². The van der Waals surface area contributed by atoms with Crippen LogP contribution in [0.25, 0.3) is 0 Å². The van der Waals surface area contributed by atoms with Gasteiger partial charge in [0.2, 0.25) is 0 Å². The third-order valence-electron chi connectivity index (χ3n) is 6.56. The number of Topliss-reactive ketones (excluding diaryl/α,β-unsaturated/α-hetero) is 2. The van der Waals surface area contributed by atoms with Crippen LogP contribution in [-0.4, -0.2) is 52.2 Å². The van der Waals surface area contributed by atoms with Crippen molar-refractivity contribution in [3.8, 4) is 5.75 Å². The summed E-state index contributed by atoms with van der Waals surface area (Å²) in [6.07, 6.45) is 2.23. The Morgan fingerprint density at radius 2 is 1.66 bits per heavy atom. The van der Waals surface area contributed by atoms with E-state index in [0.29, 0.717) is 25.0 Å². The summed E-state index contributed by atoms with van der Waals surface area (Å²) in [5.74, 6) is 2.00. The molecule has 9 heteroatoms. The maximum Gasteiger partial charge on any atom is 0.151 e. The molecule has 2 aromatic carbocycles. The highest BCUT2D eigenvalue weighted by atomic mass is 32.1. The SMILES string of the molecule is COc1cccc(CC(=O)Cc2ccc(N3CCC(c4nnc(CC(=O)Cc5ccccc5)s4)C3)nn2)c1. The zero-order chi connectivity index (χ0) is 26.3. The lowest BCUT2D eigenvalue weighted by atomic mass is 10.1. The molecule has 0 spiro atoms. The minimum Gasteiger partial charge on any atom is -0.497 e. The summed E-state index contributed by atoms with van der Waals surface area (Å²) < 4.78 is 5.23. The molecule has 1 saturated heterocycles. The molecule has 3 heterocycles. The molecule has 1 atom stereocenters. The van der Waals surface area contributed by atoms with E-state index in [9.17, 15) is 9.59 Å². The monoisotopic (exact) mass is 527 g/mol. The van der Waals surface area contributed by atoms with Gasteiger partial charge in [-0.25, -0.2) is 0 Å². The van der Waals surface area contributed by atoms with E-state index in [1.807, 2.05) is 66.7 Å². The highest BCUT2D eigenvalue weighted by Crippen LogP contribution is 2.31. The molecule has 0 radical (unpaired) electrons. The first-order valence-electron chi connectivity index (χ1n) is 12.7. The quantitative estimate of drug-likeness (QED) is 0.288. The zero-order valence-corrected chi connectivity index (χ0v) is 22.1. The largest absolute Gasteiger partial charge is 0.497 e. The van der Waals surface area contributed by atoms with Crippen molar-refractivity contribution < 1.29 is 14.3 Å². The smallest absolute Gasteiger partial charge is 0.151 e. The number of ketones is 2. The molecule has 8 nitrogen and oxygen atoms in total. The van der Waals surface area contributed by atoms with Crippen molar-refractivity contribution in [1.29, 1.82) is 0 Å². The van der Waals surface area contributed by atoms with Crippen molar-refractivity contribution >= 4 is 28.7 Å². The fourth-order valence-electron chi connectivity index (χ4n) is 4.62. The average molecular weight is 528 g/mol. The van der Waals surface area contributed by atoms with Crippen molar-refractivity contribution in [3.63, 3.8) is 0 Å². The van der Waals surface area contributed by atoms with E-state index < -0.39 is 0 Å². The first kappa shape index (κ1) is 25.7. The molecule has 4 aromatic rings. The molecule has 0 saturated carbocycles. The van der Waals surface area contributed by atoms with Crippen molar-refractivity contribution in [2.24, 2.45) is 0 Å². The topological polar surface area (TPSA) is 98.2 Å². The van der Waals surface area contributed by atoms with Gasteiger partial charge < -0.3 is 9.64 Å². The van der Waals surface area contributed by atoms with E-state index in [1.165, 1.54) is 11.3 Å². The summed E-state index contributed by atoms with van der Waals surface area (Å²) in [6, 6.07) is 21.1. The zero-order valence-electron chi connectivity index (χ0n) is 21.2. The first-order valence-corrected chi connectivity index (χ1v) is 13.5. The summed E-state index contributed by atoms with van der Waals surface area (Å²) in [5.41, 5.74) is 2.59. The number of hydrogen-bond acceptors (Lipinski definition) is 9. The van der Waals surface area contributed by atoms with Crippen molar-refractivity contribution in [3.05, 3.63) is 93.6 Å². The maximum atomic E-state index is 12.5. The third-order valence-corrected chi connectivity index (χ3v) is 7.64. The van der Waals surface area contributed by atoms with Gasteiger partial charge in [0.25, 0.3) is 0 Å². The van der Waals surface area contributed by atoms with Crippen LogP contribution in [0.15, 0.2) is 66.7 Å². The molecule has 38 heavy (non-hydrogen) atoms. The Morgan fingerprint density at radius 3 is 2.45 bits per heavy atom. The Labute approximate surface area is 225 Å². The molecule has 0 bridgehead atoms. The van der Waals surface area contributed by atoms with E-state index in [0.717, 1.165) is 52.2 Å². The van der Waals surface area contributed by atoms with E-state index in [1.54, 1.807) is 7.11 Å². The molecule has 0 amide bonds. The van der Waals surface area contributed by atoms with Gasteiger partial charge in [0.15, 0.2) is 5.82 Å². The van der Waals surface area contributed by atoms with Gasteiger partial charge in [-0.15, -0.1) is 26.6 Å². The first-order chi connectivity index (χ1) is 18.6. The second-order valence-electron chi connectivity index (χ2n) is 9.47. The summed E-state index contributed by atoms with van der Waals surface area (Å²) >= 11 is 1.53. The lowest BCUT2D eigenvalue weighted by Crippen LogP contribution is -2.21. The fraction of sp³-hybridized carbons (Fsp3) is 0.310. The maximum absolute atomic E-state index is 12.5. The Morgan fingerprint density at radius 1 is 0.868 bits per heavy atom. The van der Waals surface area contributed by atoms with Crippen LogP contribution in [0.2, 0.25) is 0 Å². The lowest BCUT2D eigenvalue weighted by Gasteiger charge is -2.16. The van der Waals surface area contributed by atoms with Gasteiger partial charge in [-0.05, 0) is 41.8 Å². The van der Waals surface area contributed by atoms with Crippen LogP contribution >= 0.6 is 11.3 Å². The molecule has 1 aliphatic heterocycles. The Bertz CT molecular complexity index is 1390. The molecule has 194 valence electrons. The summed E-state index contributed by atoms with van der Waals surface area (Å²) in [7, 11) is 1.61. The molecule has 0 N–H and O–H groups in total. The van der Waals surface area contributed by atoms with E-state index in [4.69, 9.17) is 4.74 Å². The molecule has 0 aliphatic carbocycles. The van der Waals surface area contributed by atoms with E-state index >= 15 is 0 Å². The number of nitrogens with zero attached hydrogens (tertiary/aromatic N) is 5. The van der Waals surface area contributed by atoms with Crippen LogP contribution in [0.4, 0.5) is 5.82 Å². The molecule has 1 unspecified atom stereocenters. The number of rotatable bonds is 11. The average Bonchev–Trinajstić information content (AvgIpc) is 3.60. The summed E-state index contributed by atoms with van der Waals surface area (Å²) in [5, 5.41) is 19.1. The van der Waals surface area contributed by atoms with Crippen LogP contribution in [0.1, 0.15) is 39.2 Å². The Kier molecular flexibility index (Phi) is 8.13. The number of aromatic nitrogens is 4. The van der Waals surface area contributed by atoms with Crippen LogP contribution in [-0.2, 0) is 35.3 Å². The lowest BCUT2D eigenvalue weighted by molar-refractivity contribution is -0.118. The van der Waals surface area contributed by atoms with Crippen LogP contribution in [0, 0.1) is 0 Å². The van der Waals surface area contributed by atoms with Gasteiger partial charge in [-0.1, -0.05) is 42.5 Å². The van der Waals surface area contributed by atoms with Gasteiger partial charge in [0, 0.05) is 31.8 Å². The van der Waals surface area contributed by atoms with Crippen LogP contribution in [0.3, 0.4) is 0 Å². The number of methoxy groups -OCH3 is 1. The Balaban J connectivity index is 1.12. The van der Waals surface area contributed by atoms with Crippen LogP contribution < -0.4 is 9.64 Å². The molecule has 1 aliphatic rings. The second-order valence-corrected chi connectivity index (χ2v) is 10.6. The van der Waals surface area contributed by atoms with Gasteiger partial charge in [-0.3, -0.25) is 9.59 Å². The van der Waals surface area contributed by atoms with Gasteiger partial charge in [0.1, 0.15) is 27.3 Å². The van der Waals surface area contributed by atoms with Crippen molar-refractivity contribution in [2.45, 2.75) is 38.0 Å².